The predicted molar refractivity (Wildman–Crippen MR) is 59.6 cm³/mol. The van der Waals surface area contributed by atoms with E-state index in [1.165, 1.54) is 18.4 Å². The molecule has 1 saturated heterocycles. The lowest BCUT2D eigenvalue weighted by Crippen LogP contribution is -2.31. The molecule has 2 heterocycles. The van der Waals surface area contributed by atoms with E-state index in [0.717, 1.165) is 13.0 Å². The lowest BCUT2D eigenvalue weighted by molar-refractivity contribution is 0.000569. The van der Waals surface area contributed by atoms with Crippen molar-refractivity contribution in [1.82, 2.24) is 4.98 Å². The maximum atomic E-state index is 5.84. The average molecular weight is 206 g/mol. The number of pyridine rings is 1. The van der Waals surface area contributed by atoms with E-state index in [2.05, 4.69) is 4.98 Å². The van der Waals surface area contributed by atoms with Crippen LogP contribution in [-0.2, 0) is 4.74 Å². The molecule has 1 aromatic rings. The van der Waals surface area contributed by atoms with Crippen molar-refractivity contribution in [3.05, 3.63) is 30.1 Å². The topological polar surface area (TPSA) is 48.1 Å². The molecule has 1 aliphatic rings. The molecule has 0 spiro atoms. The molecule has 1 fully saturated rings. The summed E-state index contributed by atoms with van der Waals surface area (Å²) in [4.78, 5) is 4.03. The molecule has 0 bridgehead atoms. The Balaban J connectivity index is 2.09. The summed E-state index contributed by atoms with van der Waals surface area (Å²) in [6.07, 6.45) is 7.51. The van der Waals surface area contributed by atoms with Crippen LogP contribution in [0.3, 0.4) is 0 Å². The first kappa shape index (κ1) is 10.6. The molecule has 82 valence electrons. The van der Waals surface area contributed by atoms with Crippen LogP contribution in [0, 0.1) is 0 Å². The third kappa shape index (κ3) is 2.55. The van der Waals surface area contributed by atoms with Crippen molar-refractivity contribution in [3.63, 3.8) is 0 Å². The fourth-order valence-electron chi connectivity index (χ4n) is 2.20. The molecule has 0 radical (unpaired) electrons. The van der Waals surface area contributed by atoms with Gasteiger partial charge < -0.3 is 10.5 Å². The quantitative estimate of drug-likeness (QED) is 0.818. The molecule has 1 aromatic heterocycles. The number of aromatic nitrogens is 1. The maximum absolute atomic E-state index is 5.84. The van der Waals surface area contributed by atoms with Crippen LogP contribution >= 0.6 is 0 Å². The summed E-state index contributed by atoms with van der Waals surface area (Å²) < 4.78 is 5.78. The van der Waals surface area contributed by atoms with Gasteiger partial charge in [-0.1, -0.05) is 0 Å². The molecule has 1 aliphatic heterocycles. The monoisotopic (exact) mass is 206 g/mol. The molecule has 3 nitrogen and oxygen atoms in total. The summed E-state index contributed by atoms with van der Waals surface area (Å²) in [5.41, 5.74) is 7.08. The maximum Gasteiger partial charge on any atom is 0.0655 e. The normalized spacial score (nSPS) is 23.7. The van der Waals surface area contributed by atoms with Crippen LogP contribution in [0.2, 0.25) is 0 Å². The molecule has 3 heteroatoms. The predicted octanol–water partition coefficient (Wildman–Crippen LogP) is 1.69. The molecular weight excluding hydrogens is 188 g/mol. The highest BCUT2D eigenvalue weighted by Gasteiger charge is 2.24. The highest BCUT2D eigenvalue weighted by Crippen LogP contribution is 2.27. The lowest BCUT2D eigenvalue weighted by atomic mass is 9.90. The number of nitrogens with zero attached hydrogens (tertiary/aromatic N) is 1. The molecule has 0 aromatic carbocycles. The Morgan fingerprint density at radius 2 is 2.20 bits per heavy atom. The fraction of sp³-hybridized carbons (Fsp3) is 0.583. The second kappa shape index (κ2) is 5.24. The van der Waals surface area contributed by atoms with Gasteiger partial charge in [0.15, 0.2) is 0 Å². The van der Waals surface area contributed by atoms with E-state index < -0.39 is 0 Å². The molecule has 0 saturated carbocycles. The van der Waals surface area contributed by atoms with Gasteiger partial charge in [0.2, 0.25) is 0 Å². The van der Waals surface area contributed by atoms with Crippen molar-refractivity contribution in [2.24, 2.45) is 5.73 Å². The van der Waals surface area contributed by atoms with Crippen LogP contribution < -0.4 is 5.73 Å². The van der Waals surface area contributed by atoms with E-state index in [1.54, 1.807) is 0 Å². The van der Waals surface area contributed by atoms with Crippen molar-refractivity contribution in [3.8, 4) is 0 Å². The van der Waals surface area contributed by atoms with Gasteiger partial charge in [-0.2, -0.15) is 0 Å². The zero-order chi connectivity index (χ0) is 10.5. The van der Waals surface area contributed by atoms with Crippen LogP contribution in [0.25, 0.3) is 0 Å². The van der Waals surface area contributed by atoms with E-state index >= 15 is 0 Å². The van der Waals surface area contributed by atoms with E-state index in [1.807, 2.05) is 24.5 Å². The third-order valence-corrected chi connectivity index (χ3v) is 3.05. The van der Waals surface area contributed by atoms with Crippen molar-refractivity contribution in [1.29, 1.82) is 0 Å². The number of ether oxygens (including phenoxy) is 1. The Labute approximate surface area is 90.7 Å². The van der Waals surface area contributed by atoms with Gasteiger partial charge in [0.25, 0.3) is 0 Å². The van der Waals surface area contributed by atoms with Crippen molar-refractivity contribution in [2.75, 3.05) is 13.2 Å². The molecule has 2 atom stereocenters. The van der Waals surface area contributed by atoms with Gasteiger partial charge in [0, 0.05) is 31.5 Å². The molecule has 15 heavy (non-hydrogen) atoms. The number of rotatable bonds is 3. The SMILES string of the molecule is NCC(c1ccncc1)C1CCCCO1. The Morgan fingerprint density at radius 1 is 1.40 bits per heavy atom. The standard InChI is InChI=1S/C12H18N2O/c13-9-11(10-4-6-14-7-5-10)12-3-1-2-8-15-12/h4-7,11-12H,1-3,8-9,13H2. The Kier molecular flexibility index (Phi) is 3.69. The average Bonchev–Trinajstić information content (AvgIpc) is 2.33. The molecule has 2 N–H and O–H groups in total. The third-order valence-electron chi connectivity index (χ3n) is 3.05. The first-order chi connectivity index (χ1) is 7.42. The Morgan fingerprint density at radius 3 is 2.80 bits per heavy atom. The summed E-state index contributed by atoms with van der Waals surface area (Å²) in [7, 11) is 0. The zero-order valence-electron chi connectivity index (χ0n) is 8.93. The van der Waals surface area contributed by atoms with Gasteiger partial charge in [0.1, 0.15) is 0 Å². The lowest BCUT2D eigenvalue weighted by Gasteiger charge is -2.29. The fourth-order valence-corrected chi connectivity index (χ4v) is 2.20. The van der Waals surface area contributed by atoms with Crippen molar-refractivity contribution in [2.45, 2.75) is 31.3 Å². The minimum atomic E-state index is 0.297. The Hall–Kier alpha value is -0.930. The van der Waals surface area contributed by atoms with E-state index in [0.29, 0.717) is 18.6 Å². The molecule has 2 unspecified atom stereocenters. The van der Waals surface area contributed by atoms with Gasteiger partial charge >= 0.3 is 0 Å². The van der Waals surface area contributed by atoms with Crippen LogP contribution in [0.4, 0.5) is 0 Å². The Bertz CT molecular complexity index is 283. The van der Waals surface area contributed by atoms with Gasteiger partial charge in [-0.05, 0) is 37.0 Å². The van der Waals surface area contributed by atoms with Gasteiger partial charge in [0.05, 0.1) is 6.10 Å². The highest BCUT2D eigenvalue weighted by molar-refractivity contribution is 5.18. The van der Waals surface area contributed by atoms with Crippen molar-refractivity contribution >= 4 is 0 Å². The first-order valence-corrected chi connectivity index (χ1v) is 5.63. The summed E-state index contributed by atoms with van der Waals surface area (Å²) in [6, 6.07) is 4.07. The summed E-state index contributed by atoms with van der Waals surface area (Å²) in [6.45, 7) is 1.53. The summed E-state index contributed by atoms with van der Waals surface area (Å²) in [5, 5.41) is 0. The van der Waals surface area contributed by atoms with Gasteiger partial charge in [-0.15, -0.1) is 0 Å². The molecular formula is C12H18N2O. The van der Waals surface area contributed by atoms with E-state index in [4.69, 9.17) is 10.5 Å². The minimum absolute atomic E-state index is 0.297. The second-order valence-corrected chi connectivity index (χ2v) is 4.03. The smallest absolute Gasteiger partial charge is 0.0655 e. The van der Waals surface area contributed by atoms with Gasteiger partial charge in [-0.25, -0.2) is 0 Å². The number of nitrogens with two attached hydrogens (primary N) is 1. The highest BCUT2D eigenvalue weighted by atomic mass is 16.5. The molecule has 2 rings (SSSR count). The van der Waals surface area contributed by atoms with E-state index in [-0.39, 0.29) is 0 Å². The first-order valence-electron chi connectivity index (χ1n) is 5.63. The summed E-state index contributed by atoms with van der Waals surface area (Å²) >= 11 is 0. The van der Waals surface area contributed by atoms with Crippen LogP contribution in [0.1, 0.15) is 30.7 Å². The zero-order valence-corrected chi connectivity index (χ0v) is 8.93. The number of hydrogen-bond donors (Lipinski definition) is 1. The minimum Gasteiger partial charge on any atom is -0.378 e. The van der Waals surface area contributed by atoms with E-state index in [9.17, 15) is 0 Å². The summed E-state index contributed by atoms with van der Waals surface area (Å²) in [5.74, 6) is 0.327. The van der Waals surface area contributed by atoms with Crippen LogP contribution in [0.5, 0.6) is 0 Å². The van der Waals surface area contributed by atoms with Gasteiger partial charge in [-0.3, -0.25) is 4.98 Å². The second-order valence-electron chi connectivity index (χ2n) is 4.03. The number of hydrogen-bond acceptors (Lipinski definition) is 3. The largest absolute Gasteiger partial charge is 0.378 e. The van der Waals surface area contributed by atoms with Crippen LogP contribution in [-0.4, -0.2) is 24.2 Å². The van der Waals surface area contributed by atoms with Crippen LogP contribution in [0.15, 0.2) is 24.5 Å². The molecule has 0 aliphatic carbocycles. The van der Waals surface area contributed by atoms with Crippen molar-refractivity contribution < 1.29 is 4.74 Å². The molecule has 0 amide bonds.